The number of hydrogen-bond acceptors (Lipinski definition) is 5. The van der Waals surface area contributed by atoms with Crippen molar-refractivity contribution in [1.29, 1.82) is 0 Å². The number of alkyl halides is 2. The first-order valence-electron chi connectivity index (χ1n) is 6.36. The minimum Gasteiger partial charge on any atom is -0.423 e. The first-order valence-corrected chi connectivity index (χ1v) is 6.36. The molecule has 1 N–H and O–H groups in total. The lowest BCUT2D eigenvalue weighted by Crippen LogP contribution is -2.27. The summed E-state index contributed by atoms with van der Waals surface area (Å²) in [4.78, 5) is 11.9. The van der Waals surface area contributed by atoms with E-state index in [1.807, 2.05) is 13.8 Å². The van der Waals surface area contributed by atoms with Crippen LogP contribution in [-0.2, 0) is 0 Å². The summed E-state index contributed by atoms with van der Waals surface area (Å²) in [7, 11) is 0. The van der Waals surface area contributed by atoms with Crippen LogP contribution in [0.15, 0.2) is 16.7 Å². The van der Waals surface area contributed by atoms with Crippen LogP contribution in [-0.4, -0.2) is 25.9 Å². The highest BCUT2D eigenvalue weighted by atomic mass is 19.3. The Hall–Kier alpha value is -2.32. The van der Waals surface area contributed by atoms with E-state index in [2.05, 4.69) is 20.6 Å². The van der Waals surface area contributed by atoms with E-state index in [1.54, 1.807) is 6.92 Å². The van der Waals surface area contributed by atoms with Gasteiger partial charge in [-0.15, -0.1) is 10.2 Å². The Kier molecular flexibility index (Phi) is 4.29. The van der Waals surface area contributed by atoms with Crippen molar-refractivity contribution in [2.75, 3.05) is 0 Å². The van der Waals surface area contributed by atoms with E-state index in [9.17, 15) is 13.6 Å². The molecule has 2 rings (SSSR count). The summed E-state index contributed by atoms with van der Waals surface area (Å²) in [5.41, 5.74) is -0.106. The summed E-state index contributed by atoms with van der Waals surface area (Å²) >= 11 is 0. The Morgan fingerprint density at radius 3 is 2.48 bits per heavy atom. The average molecular weight is 299 g/mol. The molecule has 2 aromatic rings. The summed E-state index contributed by atoms with van der Waals surface area (Å²) in [5, 5.41) is 13.7. The van der Waals surface area contributed by atoms with E-state index in [0.717, 1.165) is 6.20 Å². The van der Waals surface area contributed by atoms with Crippen molar-refractivity contribution >= 4 is 5.91 Å². The van der Waals surface area contributed by atoms with Crippen molar-refractivity contribution in [1.82, 2.24) is 25.3 Å². The van der Waals surface area contributed by atoms with Gasteiger partial charge in [0.25, 0.3) is 5.91 Å². The third-order valence-corrected chi connectivity index (χ3v) is 2.71. The van der Waals surface area contributed by atoms with Gasteiger partial charge in [0, 0.05) is 12.1 Å². The van der Waals surface area contributed by atoms with Crippen LogP contribution in [0.1, 0.15) is 61.6 Å². The molecule has 9 heteroatoms. The zero-order chi connectivity index (χ0) is 15.6. The minimum absolute atomic E-state index is 0.0795. The molecule has 0 spiro atoms. The lowest BCUT2D eigenvalue weighted by atomic mass is 10.2. The Morgan fingerprint density at radius 1 is 1.29 bits per heavy atom. The van der Waals surface area contributed by atoms with Crippen LogP contribution < -0.4 is 5.32 Å². The van der Waals surface area contributed by atoms with E-state index in [1.165, 1.54) is 6.07 Å². The molecule has 2 heterocycles. The standard InChI is InChI=1S/C12H15F2N5O2/c1-6(2)10-16-17-11(21-10)7(3)15-9(20)8-4-5-19(18-8)12(13)14/h4-7,12H,1-3H3,(H,15,20)/t7-/m0/s1. The number of aromatic nitrogens is 4. The van der Waals surface area contributed by atoms with Crippen molar-refractivity contribution in [2.45, 2.75) is 39.3 Å². The number of nitrogens with zero attached hydrogens (tertiary/aromatic N) is 4. The maximum Gasteiger partial charge on any atom is 0.333 e. The number of halogens is 2. The Labute approximate surface area is 119 Å². The van der Waals surface area contributed by atoms with Crippen LogP contribution in [0.2, 0.25) is 0 Å². The van der Waals surface area contributed by atoms with Gasteiger partial charge in [-0.2, -0.15) is 13.9 Å². The SMILES string of the molecule is CC(C)c1nnc([C@H](C)NC(=O)c2ccn(C(F)F)n2)o1. The maximum atomic E-state index is 12.4. The monoisotopic (exact) mass is 299 g/mol. The summed E-state index contributed by atoms with van der Waals surface area (Å²) in [6.45, 7) is 2.67. The third-order valence-electron chi connectivity index (χ3n) is 2.71. The van der Waals surface area contributed by atoms with Crippen LogP contribution in [0.25, 0.3) is 0 Å². The zero-order valence-corrected chi connectivity index (χ0v) is 11.7. The predicted octanol–water partition coefficient (Wildman–Crippen LogP) is 2.28. The number of rotatable bonds is 5. The second-order valence-corrected chi connectivity index (χ2v) is 4.79. The van der Waals surface area contributed by atoms with Gasteiger partial charge in [-0.05, 0) is 13.0 Å². The molecule has 0 radical (unpaired) electrons. The Bertz CT molecular complexity index is 623. The van der Waals surface area contributed by atoms with Crippen LogP contribution in [0.3, 0.4) is 0 Å². The Balaban J connectivity index is 2.03. The molecule has 2 aromatic heterocycles. The largest absolute Gasteiger partial charge is 0.423 e. The molecule has 0 aromatic carbocycles. The van der Waals surface area contributed by atoms with Crippen molar-refractivity contribution < 1.29 is 18.0 Å². The zero-order valence-electron chi connectivity index (χ0n) is 11.7. The molecule has 0 fully saturated rings. The fourth-order valence-corrected chi connectivity index (χ4v) is 1.55. The summed E-state index contributed by atoms with van der Waals surface area (Å²) in [6, 6.07) is 0.663. The molecule has 114 valence electrons. The fraction of sp³-hybridized carbons (Fsp3) is 0.500. The molecule has 7 nitrogen and oxygen atoms in total. The molecule has 0 saturated carbocycles. The van der Waals surface area contributed by atoms with Gasteiger partial charge in [-0.1, -0.05) is 13.8 Å². The van der Waals surface area contributed by atoms with Crippen LogP contribution in [0.5, 0.6) is 0 Å². The van der Waals surface area contributed by atoms with E-state index < -0.39 is 18.5 Å². The number of carbonyl (C=O) groups is 1. The fourth-order valence-electron chi connectivity index (χ4n) is 1.55. The summed E-state index contributed by atoms with van der Waals surface area (Å²) in [5.74, 6) is 0.204. The van der Waals surface area contributed by atoms with Crippen LogP contribution >= 0.6 is 0 Å². The van der Waals surface area contributed by atoms with E-state index in [-0.39, 0.29) is 17.5 Å². The van der Waals surface area contributed by atoms with Gasteiger partial charge in [-0.25, -0.2) is 4.68 Å². The van der Waals surface area contributed by atoms with Crippen molar-refractivity contribution in [3.05, 3.63) is 29.7 Å². The highest BCUT2D eigenvalue weighted by Crippen LogP contribution is 2.17. The van der Waals surface area contributed by atoms with Crippen molar-refractivity contribution in [3.63, 3.8) is 0 Å². The second kappa shape index (κ2) is 5.98. The van der Waals surface area contributed by atoms with Crippen LogP contribution in [0, 0.1) is 0 Å². The topological polar surface area (TPSA) is 85.8 Å². The molecule has 0 bridgehead atoms. The number of hydrogen-bond donors (Lipinski definition) is 1. The van der Waals surface area contributed by atoms with E-state index >= 15 is 0 Å². The molecule has 0 aliphatic rings. The van der Waals surface area contributed by atoms with Gasteiger partial charge in [-0.3, -0.25) is 4.79 Å². The van der Waals surface area contributed by atoms with Gasteiger partial charge in [0.1, 0.15) is 11.7 Å². The number of carbonyl (C=O) groups excluding carboxylic acids is 1. The van der Waals surface area contributed by atoms with Gasteiger partial charge in [0.05, 0.1) is 0 Å². The van der Waals surface area contributed by atoms with Gasteiger partial charge < -0.3 is 9.73 Å². The third kappa shape index (κ3) is 3.41. The molecular formula is C12H15F2N5O2. The Morgan fingerprint density at radius 2 is 1.95 bits per heavy atom. The van der Waals surface area contributed by atoms with Gasteiger partial charge in [0.2, 0.25) is 11.8 Å². The first kappa shape index (κ1) is 15.1. The molecule has 1 atom stereocenters. The number of amides is 1. The highest BCUT2D eigenvalue weighted by Gasteiger charge is 2.20. The lowest BCUT2D eigenvalue weighted by molar-refractivity contribution is 0.0559. The first-order chi connectivity index (χ1) is 9.88. The lowest BCUT2D eigenvalue weighted by Gasteiger charge is -2.08. The normalized spacial score (nSPS) is 12.9. The van der Waals surface area contributed by atoms with E-state index in [0.29, 0.717) is 10.6 Å². The summed E-state index contributed by atoms with van der Waals surface area (Å²) in [6.07, 6.45) is 1.04. The molecule has 0 saturated heterocycles. The van der Waals surface area contributed by atoms with Crippen LogP contribution in [0.4, 0.5) is 8.78 Å². The van der Waals surface area contributed by atoms with Gasteiger partial charge in [0.15, 0.2) is 0 Å². The molecule has 0 aliphatic heterocycles. The smallest absolute Gasteiger partial charge is 0.333 e. The van der Waals surface area contributed by atoms with Crippen molar-refractivity contribution in [2.24, 2.45) is 0 Å². The highest BCUT2D eigenvalue weighted by molar-refractivity contribution is 5.92. The molecule has 0 aliphatic carbocycles. The molecule has 1 amide bonds. The van der Waals surface area contributed by atoms with E-state index in [4.69, 9.17) is 4.42 Å². The average Bonchev–Trinajstić information content (AvgIpc) is 3.08. The molecule has 0 unspecified atom stereocenters. The predicted molar refractivity (Wildman–Crippen MR) is 67.7 cm³/mol. The quantitative estimate of drug-likeness (QED) is 0.915. The molecule has 21 heavy (non-hydrogen) atoms. The van der Waals surface area contributed by atoms with Crippen molar-refractivity contribution in [3.8, 4) is 0 Å². The second-order valence-electron chi connectivity index (χ2n) is 4.79. The molecular weight excluding hydrogens is 284 g/mol. The summed E-state index contributed by atoms with van der Waals surface area (Å²) < 4.78 is 30.6. The number of nitrogens with one attached hydrogen (secondary N) is 1. The maximum absolute atomic E-state index is 12.4. The van der Waals surface area contributed by atoms with Gasteiger partial charge >= 0.3 is 6.55 Å². The minimum atomic E-state index is -2.78.